The van der Waals surface area contributed by atoms with Gasteiger partial charge in [0.05, 0.1) is 55.8 Å². The first-order valence-electron chi connectivity index (χ1n) is 29.6. The normalized spacial score (nSPS) is 12.3. The number of fused-ring (bicyclic) bond motifs is 18. The lowest BCUT2D eigenvalue weighted by Gasteiger charge is -2.29. The van der Waals surface area contributed by atoms with Gasteiger partial charge in [0, 0.05) is 87.1 Å². The smallest absolute Gasteiger partial charge is 0.159 e. The van der Waals surface area contributed by atoms with Crippen LogP contribution in [0.1, 0.15) is 11.1 Å². The molecule has 13 aromatic carbocycles. The van der Waals surface area contributed by atoms with Crippen molar-refractivity contribution in [3.8, 4) is 22.3 Å². The van der Waals surface area contributed by atoms with E-state index < -0.39 is 0 Å². The molecule has 0 saturated heterocycles. The van der Waals surface area contributed by atoms with Gasteiger partial charge in [0.1, 0.15) is 11.2 Å². The van der Waals surface area contributed by atoms with Crippen molar-refractivity contribution in [3.63, 3.8) is 0 Å². The van der Waals surface area contributed by atoms with Gasteiger partial charge in [-0.15, -0.1) is 0 Å². The first-order chi connectivity index (χ1) is 42.5. The number of aryl methyl sites for hydroxylation is 2. The Morgan fingerprint density at radius 1 is 0.279 bits per heavy atom. The fourth-order valence-electron chi connectivity index (χ4n) is 14.8. The first kappa shape index (κ1) is 47.2. The Morgan fingerprint density at radius 2 is 0.640 bits per heavy atom. The summed E-state index contributed by atoms with van der Waals surface area (Å²) >= 11 is 0. The third-order valence-electron chi connectivity index (χ3n) is 18.6. The van der Waals surface area contributed by atoms with Crippen LogP contribution in [-0.4, -0.2) is 8.80 Å². The Bertz CT molecular complexity index is 5630. The third-order valence-corrected chi connectivity index (χ3v) is 18.6. The quantitative estimate of drug-likeness (QED) is 0.152. The molecule has 0 aliphatic rings. The van der Waals surface area contributed by atoms with Crippen molar-refractivity contribution in [1.29, 1.82) is 0 Å². The van der Waals surface area contributed by atoms with Crippen LogP contribution >= 0.6 is 0 Å². The van der Waals surface area contributed by atoms with Crippen LogP contribution in [0.2, 0.25) is 0 Å². The topological polar surface area (TPSA) is 41.6 Å². The molecule has 0 aliphatic heterocycles. The van der Waals surface area contributed by atoms with E-state index in [-0.39, 0.29) is 0 Å². The maximum Gasteiger partial charge on any atom is 0.159 e. The molecule has 0 radical (unpaired) electrons. The highest BCUT2D eigenvalue weighted by atomic mass is 16.3. The second kappa shape index (κ2) is 17.6. The zero-order chi connectivity index (χ0) is 56.5. The van der Waals surface area contributed by atoms with Gasteiger partial charge in [0.15, 0.2) is 11.2 Å². The minimum absolute atomic E-state index is 0.864. The molecule has 0 amide bonds. The number of aromatic nitrogens is 2. The Hall–Kier alpha value is -11.3. The summed E-state index contributed by atoms with van der Waals surface area (Å²) in [6, 6.07) is 97.6. The lowest BCUT2D eigenvalue weighted by molar-refractivity contribution is 0.668. The van der Waals surface area contributed by atoms with E-state index in [0.29, 0.717) is 0 Å². The zero-order valence-corrected chi connectivity index (χ0v) is 47.0. The number of para-hydroxylation sites is 6. The summed E-state index contributed by atoms with van der Waals surface area (Å²) < 4.78 is 19.0. The number of hydrogen-bond donors (Lipinski definition) is 0. The van der Waals surface area contributed by atoms with Crippen molar-refractivity contribution in [2.45, 2.75) is 13.8 Å². The van der Waals surface area contributed by atoms with Gasteiger partial charge in [-0.3, -0.25) is 0 Å². The summed E-state index contributed by atoms with van der Waals surface area (Å²) in [7, 11) is 0. The third kappa shape index (κ3) is 6.44. The highest BCUT2D eigenvalue weighted by Gasteiger charge is 2.29. The second-order valence-corrected chi connectivity index (χ2v) is 23.2. The molecule has 402 valence electrons. The molecular weight excluding hydrogens is 1050 g/mol. The molecular formula is C80H50N4O2. The molecule has 0 saturated carbocycles. The van der Waals surface area contributed by atoms with Crippen LogP contribution in [-0.2, 0) is 0 Å². The summed E-state index contributed by atoms with van der Waals surface area (Å²) in [4.78, 5) is 4.89. The molecule has 0 aliphatic carbocycles. The summed E-state index contributed by atoms with van der Waals surface area (Å²) in [6.07, 6.45) is 0. The maximum atomic E-state index is 6.94. The zero-order valence-electron chi connectivity index (χ0n) is 47.0. The molecule has 0 fully saturated rings. The van der Waals surface area contributed by atoms with Crippen LogP contribution < -0.4 is 9.80 Å². The van der Waals surface area contributed by atoms with Crippen LogP contribution in [0.15, 0.2) is 276 Å². The molecule has 6 nitrogen and oxygen atoms in total. The van der Waals surface area contributed by atoms with Crippen LogP contribution in [0.25, 0.3) is 142 Å². The van der Waals surface area contributed by atoms with Gasteiger partial charge in [-0.1, -0.05) is 206 Å². The Labute approximate surface area is 493 Å². The van der Waals surface area contributed by atoms with Crippen molar-refractivity contribution in [2.24, 2.45) is 0 Å². The number of hydrogen-bond acceptors (Lipinski definition) is 4. The van der Waals surface area contributed by atoms with Gasteiger partial charge in [-0.2, -0.15) is 0 Å². The SMILES string of the molecule is Cc1ccc2c(oc3ccccc32)c1N(c1ccc2c3cccc4c5cc6c(cc5n(c2c1)c34)c1cccc2c3ccc(N(c4ccccc4-c4ccccc4)c4c(C)ccc5c4oc4ccccc45)cc3n6c21)c1ccccc1-c1ccccc1. The van der Waals surface area contributed by atoms with Gasteiger partial charge in [-0.25, -0.2) is 0 Å². The summed E-state index contributed by atoms with van der Waals surface area (Å²) in [5, 5.41) is 14.2. The highest BCUT2D eigenvalue weighted by Crippen LogP contribution is 2.52. The molecule has 6 heterocycles. The summed E-state index contributed by atoms with van der Waals surface area (Å²) in [5.74, 6) is 0. The van der Waals surface area contributed by atoms with Crippen molar-refractivity contribution < 1.29 is 8.83 Å². The Kier molecular flexibility index (Phi) is 9.65. The van der Waals surface area contributed by atoms with Gasteiger partial charge in [-0.05, 0) is 96.8 Å². The standard InChI is InChI=1S/C80H50N4O2/c1-47-35-39-63-57-25-11-15-33-73(57)85-79(63)75(47)81(67-31-13-9-23-53(67)49-19-5-3-6-20-49)51-37-41-55-59-27-17-29-61-65-46-72-66(45-71(65)83(77(59)61)69(55)43-51)62-30-18-28-60-56-42-38-52(44-70(56)84(72)78(60)62)82(68-32-14-10-24-54(68)50-21-7-4-8-22-50)76-48(2)36-40-64-58-26-12-16-34-74(58)86-80(64)76/h3-46H,1-2H3. The van der Waals surface area contributed by atoms with E-state index in [1.165, 1.54) is 65.2 Å². The van der Waals surface area contributed by atoms with E-state index in [4.69, 9.17) is 8.83 Å². The molecule has 86 heavy (non-hydrogen) atoms. The monoisotopic (exact) mass is 1100 g/mol. The number of benzene rings is 13. The number of nitrogens with zero attached hydrogens (tertiary/aromatic N) is 4. The average Bonchev–Trinajstić information content (AvgIpc) is 1.68. The molecule has 0 N–H and O–H groups in total. The predicted molar refractivity (Wildman–Crippen MR) is 360 cm³/mol. The molecule has 19 rings (SSSR count). The predicted octanol–water partition coefficient (Wildman–Crippen LogP) is 22.7. The summed E-state index contributed by atoms with van der Waals surface area (Å²) in [6.45, 7) is 4.41. The van der Waals surface area contributed by atoms with E-state index in [0.717, 1.165) is 122 Å². The van der Waals surface area contributed by atoms with Gasteiger partial charge >= 0.3 is 0 Å². The minimum atomic E-state index is 0.864. The molecule has 0 bridgehead atoms. The molecule has 0 atom stereocenters. The van der Waals surface area contributed by atoms with Crippen LogP contribution in [0.3, 0.4) is 0 Å². The number of anilines is 6. The molecule has 19 aromatic rings. The largest absolute Gasteiger partial charge is 0.454 e. The van der Waals surface area contributed by atoms with Gasteiger partial charge in [0.25, 0.3) is 0 Å². The molecule has 0 spiro atoms. The maximum absolute atomic E-state index is 6.94. The highest BCUT2D eigenvalue weighted by molar-refractivity contribution is 6.29. The van der Waals surface area contributed by atoms with E-state index >= 15 is 0 Å². The molecule has 0 unspecified atom stereocenters. The van der Waals surface area contributed by atoms with E-state index in [9.17, 15) is 0 Å². The lowest BCUT2D eigenvalue weighted by atomic mass is 10.00. The Morgan fingerprint density at radius 3 is 1.09 bits per heavy atom. The molecule has 6 heteroatoms. The van der Waals surface area contributed by atoms with Crippen molar-refractivity contribution in [1.82, 2.24) is 8.80 Å². The number of rotatable bonds is 8. The van der Waals surface area contributed by atoms with E-state index in [1.54, 1.807) is 0 Å². The molecule has 6 aromatic heterocycles. The van der Waals surface area contributed by atoms with Gasteiger partial charge < -0.3 is 27.4 Å². The van der Waals surface area contributed by atoms with Crippen LogP contribution in [0.5, 0.6) is 0 Å². The van der Waals surface area contributed by atoms with E-state index in [1.807, 2.05) is 0 Å². The summed E-state index contributed by atoms with van der Waals surface area (Å²) in [5.41, 5.74) is 23.7. The fourth-order valence-corrected chi connectivity index (χ4v) is 14.8. The first-order valence-corrected chi connectivity index (χ1v) is 29.6. The van der Waals surface area contributed by atoms with E-state index in [2.05, 4.69) is 299 Å². The Balaban J connectivity index is 0.862. The lowest BCUT2D eigenvalue weighted by Crippen LogP contribution is -2.13. The fraction of sp³-hybridized carbons (Fsp3) is 0.0250. The van der Waals surface area contributed by atoms with Crippen molar-refractivity contribution in [2.75, 3.05) is 9.80 Å². The second-order valence-electron chi connectivity index (χ2n) is 23.2. The minimum Gasteiger partial charge on any atom is -0.454 e. The number of furan rings is 2. The van der Waals surface area contributed by atoms with Gasteiger partial charge in [0.2, 0.25) is 0 Å². The van der Waals surface area contributed by atoms with Crippen LogP contribution in [0.4, 0.5) is 34.1 Å². The van der Waals surface area contributed by atoms with Crippen molar-refractivity contribution >= 4 is 154 Å². The van der Waals surface area contributed by atoms with Crippen LogP contribution in [0, 0.1) is 13.8 Å². The van der Waals surface area contributed by atoms with Crippen molar-refractivity contribution in [3.05, 3.63) is 278 Å². The average molecular weight is 1100 g/mol.